The molecule has 0 aliphatic carbocycles. The Hall–Kier alpha value is -2.96. The molecular formula is C24H31N5O2. The lowest BCUT2D eigenvalue weighted by Crippen LogP contribution is -2.34. The number of aryl methyl sites for hydroxylation is 1. The van der Waals surface area contributed by atoms with Gasteiger partial charge >= 0.3 is 0 Å². The third-order valence-electron chi connectivity index (χ3n) is 5.71. The molecule has 164 valence electrons. The summed E-state index contributed by atoms with van der Waals surface area (Å²) < 4.78 is 11.3. The van der Waals surface area contributed by atoms with E-state index in [0.717, 1.165) is 49.1 Å². The molecule has 0 amide bonds. The van der Waals surface area contributed by atoms with E-state index in [2.05, 4.69) is 64.8 Å². The smallest absolute Gasteiger partial charge is 0.264 e. The zero-order chi connectivity index (χ0) is 22.0. The third-order valence-corrected chi connectivity index (χ3v) is 5.71. The first-order chi connectivity index (χ1) is 14.8. The molecule has 0 unspecified atom stereocenters. The van der Waals surface area contributed by atoms with Crippen molar-refractivity contribution in [3.05, 3.63) is 47.5 Å². The van der Waals surface area contributed by atoms with Crippen LogP contribution in [0.1, 0.15) is 57.7 Å². The van der Waals surface area contributed by atoms with Gasteiger partial charge in [-0.1, -0.05) is 57.1 Å². The summed E-state index contributed by atoms with van der Waals surface area (Å²) in [5, 5.41) is 4.10. The first-order valence-electron chi connectivity index (χ1n) is 10.9. The van der Waals surface area contributed by atoms with Gasteiger partial charge in [0, 0.05) is 30.4 Å². The molecular weight excluding hydrogens is 390 g/mol. The Bertz CT molecular complexity index is 1020. The van der Waals surface area contributed by atoms with Gasteiger partial charge in [0.2, 0.25) is 17.7 Å². The van der Waals surface area contributed by atoms with Crippen LogP contribution in [-0.4, -0.2) is 33.2 Å². The minimum absolute atomic E-state index is 0.107. The van der Waals surface area contributed by atoms with Crippen molar-refractivity contribution in [3.8, 4) is 17.3 Å². The summed E-state index contributed by atoms with van der Waals surface area (Å²) >= 11 is 0. The fourth-order valence-electron chi connectivity index (χ4n) is 3.63. The number of aromatic nitrogens is 4. The molecule has 0 N–H and O–H groups in total. The predicted molar refractivity (Wildman–Crippen MR) is 120 cm³/mol. The molecule has 31 heavy (non-hydrogen) atoms. The lowest BCUT2D eigenvalue weighted by atomic mass is 9.87. The van der Waals surface area contributed by atoms with E-state index in [1.165, 1.54) is 5.56 Å². The maximum Gasteiger partial charge on any atom is 0.264 e. The van der Waals surface area contributed by atoms with Gasteiger partial charge in [-0.3, -0.25) is 0 Å². The van der Waals surface area contributed by atoms with Crippen molar-refractivity contribution in [2.24, 2.45) is 5.92 Å². The largest absolute Gasteiger partial charge is 0.467 e. The summed E-state index contributed by atoms with van der Waals surface area (Å²) in [6.45, 7) is 12.9. The highest BCUT2D eigenvalue weighted by molar-refractivity contribution is 5.55. The van der Waals surface area contributed by atoms with Crippen LogP contribution < -0.4 is 9.64 Å². The first kappa shape index (κ1) is 21.3. The normalized spacial score (nSPS) is 15.3. The summed E-state index contributed by atoms with van der Waals surface area (Å²) in [7, 11) is 0. The monoisotopic (exact) mass is 421 g/mol. The highest BCUT2D eigenvalue weighted by Gasteiger charge is 2.19. The highest BCUT2D eigenvalue weighted by atomic mass is 16.5. The second-order valence-electron chi connectivity index (χ2n) is 9.44. The van der Waals surface area contributed by atoms with Crippen molar-refractivity contribution in [1.82, 2.24) is 20.1 Å². The summed E-state index contributed by atoms with van der Waals surface area (Å²) in [5.74, 6) is 2.98. The van der Waals surface area contributed by atoms with Gasteiger partial charge in [0.1, 0.15) is 0 Å². The number of anilines is 1. The van der Waals surface area contributed by atoms with Crippen molar-refractivity contribution in [2.75, 3.05) is 18.0 Å². The Morgan fingerprint density at radius 1 is 1.06 bits per heavy atom. The van der Waals surface area contributed by atoms with Crippen LogP contribution in [0.25, 0.3) is 11.4 Å². The molecule has 0 atom stereocenters. The van der Waals surface area contributed by atoms with Gasteiger partial charge in [-0.2, -0.15) is 9.97 Å². The van der Waals surface area contributed by atoms with Crippen molar-refractivity contribution in [1.29, 1.82) is 0 Å². The van der Waals surface area contributed by atoms with Crippen LogP contribution in [-0.2, 0) is 12.0 Å². The standard InChI is InChI=1S/C24H31N5O2/c1-16-10-12-29(13-11-16)23-25-17(2)14-20(27-23)30-15-21-26-22(28-31-21)18-6-8-19(9-7-18)24(3,4)5/h6-9,14,16H,10-13,15H2,1-5H3. The van der Waals surface area contributed by atoms with E-state index in [4.69, 9.17) is 9.26 Å². The number of hydrogen-bond acceptors (Lipinski definition) is 7. The predicted octanol–water partition coefficient (Wildman–Crippen LogP) is 4.95. The van der Waals surface area contributed by atoms with Crippen molar-refractivity contribution in [2.45, 2.75) is 59.5 Å². The minimum atomic E-state index is 0.107. The van der Waals surface area contributed by atoms with Crippen molar-refractivity contribution >= 4 is 5.95 Å². The average Bonchev–Trinajstić information content (AvgIpc) is 3.21. The van der Waals surface area contributed by atoms with E-state index < -0.39 is 0 Å². The molecule has 1 aliphatic heterocycles. The molecule has 3 heterocycles. The number of nitrogens with zero attached hydrogens (tertiary/aromatic N) is 5. The van der Waals surface area contributed by atoms with Crippen LogP contribution in [0, 0.1) is 12.8 Å². The fraction of sp³-hybridized carbons (Fsp3) is 0.500. The van der Waals surface area contributed by atoms with Crippen LogP contribution in [0.5, 0.6) is 5.88 Å². The Morgan fingerprint density at radius 3 is 2.45 bits per heavy atom. The van der Waals surface area contributed by atoms with E-state index in [0.29, 0.717) is 17.6 Å². The molecule has 3 aromatic rings. The van der Waals surface area contributed by atoms with Gasteiger partial charge in [0.15, 0.2) is 6.61 Å². The van der Waals surface area contributed by atoms with E-state index in [9.17, 15) is 0 Å². The average molecular weight is 422 g/mol. The molecule has 1 aliphatic rings. The lowest BCUT2D eigenvalue weighted by Gasteiger charge is -2.30. The van der Waals surface area contributed by atoms with E-state index >= 15 is 0 Å². The molecule has 0 bridgehead atoms. The van der Waals surface area contributed by atoms with E-state index in [1.54, 1.807) is 0 Å². The van der Waals surface area contributed by atoms with Crippen LogP contribution in [0.2, 0.25) is 0 Å². The minimum Gasteiger partial charge on any atom is -0.467 e. The Morgan fingerprint density at radius 2 is 1.77 bits per heavy atom. The molecule has 0 saturated carbocycles. The topological polar surface area (TPSA) is 77.2 Å². The third kappa shape index (κ3) is 5.21. The molecule has 7 nitrogen and oxygen atoms in total. The maximum absolute atomic E-state index is 5.86. The quantitative estimate of drug-likeness (QED) is 0.577. The van der Waals surface area contributed by atoms with E-state index in [-0.39, 0.29) is 12.0 Å². The zero-order valence-corrected chi connectivity index (χ0v) is 19.1. The van der Waals surface area contributed by atoms with Gasteiger partial charge in [-0.15, -0.1) is 0 Å². The Balaban J connectivity index is 1.42. The van der Waals surface area contributed by atoms with Crippen LogP contribution >= 0.6 is 0 Å². The molecule has 0 radical (unpaired) electrons. The fourth-order valence-corrected chi connectivity index (χ4v) is 3.63. The SMILES string of the molecule is Cc1cc(OCc2nc(-c3ccc(C(C)(C)C)cc3)no2)nc(N2CCC(C)CC2)n1. The molecule has 1 fully saturated rings. The van der Waals surface area contributed by atoms with Gasteiger partial charge < -0.3 is 14.2 Å². The molecule has 1 saturated heterocycles. The van der Waals surface area contributed by atoms with Gasteiger partial charge in [0.25, 0.3) is 5.89 Å². The second kappa shape index (κ2) is 8.65. The number of ether oxygens (including phenoxy) is 1. The number of piperidine rings is 1. The first-order valence-corrected chi connectivity index (χ1v) is 10.9. The molecule has 7 heteroatoms. The molecule has 0 spiro atoms. The molecule has 1 aromatic carbocycles. The van der Waals surface area contributed by atoms with E-state index in [1.807, 2.05) is 25.1 Å². The number of benzene rings is 1. The lowest BCUT2D eigenvalue weighted by molar-refractivity contribution is 0.235. The van der Waals surface area contributed by atoms with Gasteiger partial charge in [-0.05, 0) is 36.7 Å². The number of rotatable bonds is 5. The zero-order valence-electron chi connectivity index (χ0n) is 19.1. The number of hydrogen-bond donors (Lipinski definition) is 0. The second-order valence-corrected chi connectivity index (χ2v) is 9.44. The van der Waals surface area contributed by atoms with Gasteiger partial charge in [-0.25, -0.2) is 4.98 Å². The Labute approximate surface area is 183 Å². The maximum atomic E-state index is 5.86. The summed E-state index contributed by atoms with van der Waals surface area (Å²) in [6, 6.07) is 10.1. The molecule has 4 rings (SSSR count). The summed E-state index contributed by atoms with van der Waals surface area (Å²) in [4.78, 5) is 15.9. The van der Waals surface area contributed by atoms with Crippen molar-refractivity contribution in [3.63, 3.8) is 0 Å². The highest BCUT2D eigenvalue weighted by Crippen LogP contribution is 2.26. The van der Waals surface area contributed by atoms with Crippen LogP contribution in [0.15, 0.2) is 34.9 Å². The summed E-state index contributed by atoms with van der Waals surface area (Å²) in [6.07, 6.45) is 2.32. The molecule has 2 aromatic heterocycles. The summed E-state index contributed by atoms with van der Waals surface area (Å²) in [5.41, 5.74) is 3.17. The van der Waals surface area contributed by atoms with Gasteiger partial charge in [0.05, 0.1) is 0 Å². The Kier molecular flexibility index (Phi) is 5.94. The van der Waals surface area contributed by atoms with Crippen LogP contribution in [0.4, 0.5) is 5.95 Å². The van der Waals surface area contributed by atoms with Crippen molar-refractivity contribution < 1.29 is 9.26 Å². The van der Waals surface area contributed by atoms with Crippen LogP contribution in [0.3, 0.4) is 0 Å².